The molecule has 0 amide bonds. The van der Waals surface area contributed by atoms with E-state index in [9.17, 15) is 8.78 Å². The normalized spacial score (nSPS) is 27.1. The summed E-state index contributed by atoms with van der Waals surface area (Å²) in [5, 5.41) is 7.18. The van der Waals surface area contributed by atoms with E-state index in [0.717, 1.165) is 70.6 Å². The maximum atomic E-state index is 13.4. The molecule has 3 fully saturated rings. The molecule has 1 atom stereocenters. The van der Waals surface area contributed by atoms with Crippen molar-refractivity contribution in [2.24, 2.45) is 0 Å². The Morgan fingerprint density at radius 3 is 2.56 bits per heavy atom. The summed E-state index contributed by atoms with van der Waals surface area (Å²) in [7, 11) is 0. The van der Waals surface area contributed by atoms with E-state index in [-0.39, 0.29) is 5.60 Å². The van der Waals surface area contributed by atoms with E-state index in [4.69, 9.17) is 4.74 Å². The van der Waals surface area contributed by atoms with Gasteiger partial charge in [-0.2, -0.15) is 0 Å². The maximum absolute atomic E-state index is 13.4. The molecule has 3 heterocycles. The van der Waals surface area contributed by atoms with Crippen molar-refractivity contribution in [3.05, 3.63) is 29.8 Å². The third-order valence-electron chi connectivity index (χ3n) is 5.96. The fourth-order valence-electron chi connectivity index (χ4n) is 4.50. The molecule has 0 radical (unpaired) electrons. The van der Waals surface area contributed by atoms with Crippen molar-refractivity contribution >= 4 is 5.69 Å². The summed E-state index contributed by atoms with van der Waals surface area (Å²) in [6.07, 6.45) is 5.37. The smallest absolute Gasteiger partial charge is 0.160 e. The molecule has 6 heteroatoms. The van der Waals surface area contributed by atoms with Gasteiger partial charge < -0.3 is 20.3 Å². The van der Waals surface area contributed by atoms with E-state index in [1.54, 1.807) is 6.07 Å². The van der Waals surface area contributed by atoms with Crippen molar-refractivity contribution in [3.8, 4) is 0 Å². The van der Waals surface area contributed by atoms with Crippen molar-refractivity contribution in [1.29, 1.82) is 0 Å². The topological polar surface area (TPSA) is 36.5 Å². The number of rotatable bonds is 3. The van der Waals surface area contributed by atoms with E-state index < -0.39 is 11.6 Å². The van der Waals surface area contributed by atoms with Crippen LogP contribution in [-0.2, 0) is 4.74 Å². The van der Waals surface area contributed by atoms with Gasteiger partial charge in [0.2, 0.25) is 0 Å². The third kappa shape index (κ3) is 3.81. The second-order valence-electron chi connectivity index (χ2n) is 7.67. The molecule has 1 unspecified atom stereocenters. The van der Waals surface area contributed by atoms with Gasteiger partial charge in [-0.15, -0.1) is 0 Å². The molecule has 25 heavy (non-hydrogen) atoms. The molecule has 0 bridgehead atoms. The number of piperidine rings is 2. The van der Waals surface area contributed by atoms with E-state index >= 15 is 0 Å². The van der Waals surface area contributed by atoms with Crippen LogP contribution in [0.3, 0.4) is 0 Å². The molecular weight excluding hydrogens is 324 g/mol. The summed E-state index contributed by atoms with van der Waals surface area (Å²) in [5.74, 6) is -1.55. The monoisotopic (exact) mass is 351 g/mol. The van der Waals surface area contributed by atoms with Crippen molar-refractivity contribution in [1.82, 2.24) is 10.6 Å². The highest BCUT2D eigenvalue weighted by molar-refractivity contribution is 5.47. The molecule has 0 aliphatic carbocycles. The Balaban J connectivity index is 1.27. The molecule has 0 saturated carbocycles. The Hall–Kier alpha value is -1.24. The molecule has 2 N–H and O–H groups in total. The van der Waals surface area contributed by atoms with Crippen LogP contribution in [-0.4, -0.2) is 50.5 Å². The predicted molar refractivity (Wildman–Crippen MR) is 93.9 cm³/mol. The minimum atomic E-state index is -0.784. The fourth-order valence-corrected chi connectivity index (χ4v) is 4.50. The van der Waals surface area contributed by atoms with Gasteiger partial charge in [0.25, 0.3) is 0 Å². The van der Waals surface area contributed by atoms with E-state index in [1.165, 1.54) is 12.1 Å². The van der Waals surface area contributed by atoms with Crippen molar-refractivity contribution < 1.29 is 13.5 Å². The van der Waals surface area contributed by atoms with Gasteiger partial charge in [-0.1, -0.05) is 0 Å². The first-order chi connectivity index (χ1) is 12.1. The quantitative estimate of drug-likeness (QED) is 0.877. The molecule has 3 saturated heterocycles. The van der Waals surface area contributed by atoms with Gasteiger partial charge in [0.05, 0.1) is 12.2 Å². The molecule has 1 aromatic rings. The van der Waals surface area contributed by atoms with Crippen molar-refractivity contribution in [2.75, 3.05) is 37.7 Å². The van der Waals surface area contributed by atoms with Gasteiger partial charge in [0, 0.05) is 36.9 Å². The van der Waals surface area contributed by atoms with Gasteiger partial charge in [0.1, 0.15) is 0 Å². The lowest BCUT2D eigenvalue weighted by Gasteiger charge is -2.36. The Bertz CT molecular complexity index is 598. The molecule has 0 aromatic heterocycles. The van der Waals surface area contributed by atoms with Crippen LogP contribution in [0.4, 0.5) is 14.5 Å². The minimum Gasteiger partial charge on any atom is -0.373 e. The molecule has 3 aliphatic heterocycles. The Morgan fingerprint density at radius 2 is 1.84 bits per heavy atom. The standard InChI is InChI=1S/C19H27F2N3O/c20-17-2-1-16(11-18(17)21)24-9-3-14(4-10-24)23-15-12-19(25-13-15)5-7-22-8-6-19/h1-2,11,14-15,22-23H,3-10,12-13H2. The summed E-state index contributed by atoms with van der Waals surface area (Å²) in [6, 6.07) is 5.10. The van der Waals surface area contributed by atoms with E-state index in [0.29, 0.717) is 12.1 Å². The van der Waals surface area contributed by atoms with Crippen LogP contribution >= 0.6 is 0 Å². The molecule has 1 aromatic carbocycles. The predicted octanol–water partition coefficient (Wildman–Crippen LogP) is 2.43. The first kappa shape index (κ1) is 17.2. The van der Waals surface area contributed by atoms with Crippen LogP contribution in [0, 0.1) is 11.6 Å². The lowest BCUT2D eigenvalue weighted by atomic mass is 9.88. The largest absolute Gasteiger partial charge is 0.373 e. The van der Waals surface area contributed by atoms with Crippen LogP contribution in [0.5, 0.6) is 0 Å². The summed E-state index contributed by atoms with van der Waals surface area (Å²) < 4.78 is 32.7. The molecule has 1 spiro atoms. The number of anilines is 1. The van der Waals surface area contributed by atoms with Crippen molar-refractivity contribution in [3.63, 3.8) is 0 Å². The summed E-state index contributed by atoms with van der Waals surface area (Å²) in [4.78, 5) is 2.14. The lowest BCUT2D eigenvalue weighted by Crippen LogP contribution is -2.47. The molecule has 4 nitrogen and oxygen atoms in total. The average Bonchev–Trinajstić information content (AvgIpc) is 3.00. The Kier molecular flexibility index (Phi) is 4.93. The second kappa shape index (κ2) is 7.17. The van der Waals surface area contributed by atoms with Crippen LogP contribution in [0.2, 0.25) is 0 Å². The van der Waals surface area contributed by atoms with Gasteiger partial charge in [-0.3, -0.25) is 0 Å². The second-order valence-corrected chi connectivity index (χ2v) is 7.67. The number of nitrogens with zero attached hydrogens (tertiary/aromatic N) is 1. The molecule has 138 valence electrons. The molecule has 4 rings (SSSR count). The fraction of sp³-hybridized carbons (Fsp3) is 0.684. The Labute approximate surface area is 147 Å². The number of halogens is 2. The SMILES string of the molecule is Fc1ccc(N2CCC(NC3COC4(CCNCC4)C3)CC2)cc1F. The first-order valence-electron chi connectivity index (χ1n) is 9.44. The average molecular weight is 351 g/mol. The highest BCUT2D eigenvalue weighted by Crippen LogP contribution is 2.34. The highest BCUT2D eigenvalue weighted by Gasteiger charge is 2.41. The van der Waals surface area contributed by atoms with Gasteiger partial charge in [-0.25, -0.2) is 8.78 Å². The minimum absolute atomic E-state index is 0.0925. The zero-order valence-corrected chi connectivity index (χ0v) is 14.6. The van der Waals surface area contributed by atoms with Crippen molar-refractivity contribution in [2.45, 2.75) is 49.8 Å². The number of benzene rings is 1. The Morgan fingerprint density at radius 1 is 1.08 bits per heavy atom. The molecular formula is C19H27F2N3O. The third-order valence-corrected chi connectivity index (χ3v) is 5.96. The summed E-state index contributed by atoms with van der Waals surface area (Å²) >= 11 is 0. The van der Waals surface area contributed by atoms with Gasteiger partial charge in [-0.05, 0) is 57.3 Å². The number of hydrogen-bond donors (Lipinski definition) is 2. The number of hydrogen-bond acceptors (Lipinski definition) is 4. The van der Waals surface area contributed by atoms with E-state index in [1.807, 2.05) is 0 Å². The van der Waals surface area contributed by atoms with Gasteiger partial charge >= 0.3 is 0 Å². The van der Waals surface area contributed by atoms with Crippen LogP contribution in [0.25, 0.3) is 0 Å². The summed E-state index contributed by atoms with van der Waals surface area (Å²) in [5.41, 5.74) is 0.866. The molecule has 3 aliphatic rings. The van der Waals surface area contributed by atoms with Crippen LogP contribution in [0.15, 0.2) is 18.2 Å². The number of ether oxygens (including phenoxy) is 1. The van der Waals surface area contributed by atoms with Crippen LogP contribution < -0.4 is 15.5 Å². The van der Waals surface area contributed by atoms with Gasteiger partial charge in [0.15, 0.2) is 11.6 Å². The highest BCUT2D eigenvalue weighted by atomic mass is 19.2. The van der Waals surface area contributed by atoms with Crippen LogP contribution in [0.1, 0.15) is 32.1 Å². The first-order valence-corrected chi connectivity index (χ1v) is 9.44. The maximum Gasteiger partial charge on any atom is 0.160 e. The summed E-state index contributed by atoms with van der Waals surface area (Å²) in [6.45, 7) is 4.65. The zero-order valence-electron chi connectivity index (χ0n) is 14.6. The van der Waals surface area contributed by atoms with E-state index in [2.05, 4.69) is 15.5 Å². The number of nitrogens with one attached hydrogen (secondary N) is 2. The lowest BCUT2D eigenvalue weighted by molar-refractivity contribution is -0.0194. The zero-order chi connectivity index (χ0) is 17.3.